The van der Waals surface area contributed by atoms with E-state index in [0.717, 1.165) is 0 Å². The summed E-state index contributed by atoms with van der Waals surface area (Å²) in [7, 11) is 0. The standard InChI is InChI=1S/C6H4N2O5/c9-2-7-4(11)1-5(12)8(3-10)6(7)13/h2-3H,1H2. The molecule has 0 aromatic rings. The second-order valence-corrected chi connectivity index (χ2v) is 2.20. The van der Waals surface area contributed by atoms with Gasteiger partial charge in [0, 0.05) is 0 Å². The summed E-state index contributed by atoms with van der Waals surface area (Å²) < 4.78 is 0. The highest BCUT2D eigenvalue weighted by atomic mass is 16.2. The summed E-state index contributed by atoms with van der Waals surface area (Å²) in [4.78, 5) is 53.3. The summed E-state index contributed by atoms with van der Waals surface area (Å²) in [5.41, 5.74) is 0. The fourth-order valence-electron chi connectivity index (χ4n) is 0.837. The first-order valence-corrected chi connectivity index (χ1v) is 3.20. The third kappa shape index (κ3) is 1.31. The maximum Gasteiger partial charge on any atom is 0.346 e. The molecule has 1 heterocycles. The number of rotatable bonds is 2. The van der Waals surface area contributed by atoms with Crippen LogP contribution in [0.2, 0.25) is 0 Å². The third-order valence-electron chi connectivity index (χ3n) is 1.46. The number of hydrogen-bond acceptors (Lipinski definition) is 5. The first kappa shape index (κ1) is 9.04. The van der Waals surface area contributed by atoms with E-state index in [-0.39, 0.29) is 22.6 Å². The summed E-state index contributed by atoms with van der Waals surface area (Å²) >= 11 is 0. The molecule has 1 fully saturated rings. The molecule has 0 unspecified atom stereocenters. The lowest BCUT2D eigenvalue weighted by Gasteiger charge is -2.24. The molecular formula is C6H4N2O5. The van der Waals surface area contributed by atoms with Gasteiger partial charge in [0.15, 0.2) is 0 Å². The minimum absolute atomic E-state index is 0.0341. The number of barbiturate groups is 1. The first-order chi connectivity index (χ1) is 6.11. The van der Waals surface area contributed by atoms with Crippen LogP contribution in [-0.2, 0) is 19.2 Å². The Morgan fingerprint density at radius 3 is 1.62 bits per heavy atom. The maximum atomic E-state index is 11.0. The fourth-order valence-corrected chi connectivity index (χ4v) is 0.837. The molecule has 0 aliphatic carbocycles. The molecule has 6 amide bonds. The average molecular weight is 184 g/mol. The van der Waals surface area contributed by atoms with Gasteiger partial charge >= 0.3 is 6.03 Å². The zero-order chi connectivity index (χ0) is 10.0. The number of amides is 6. The van der Waals surface area contributed by atoms with Crippen LogP contribution in [0.25, 0.3) is 0 Å². The van der Waals surface area contributed by atoms with Crippen molar-refractivity contribution in [2.45, 2.75) is 6.42 Å². The van der Waals surface area contributed by atoms with Gasteiger partial charge in [-0.15, -0.1) is 0 Å². The Hall–Kier alpha value is -2.05. The van der Waals surface area contributed by atoms with Crippen molar-refractivity contribution in [3.05, 3.63) is 0 Å². The summed E-state index contributed by atoms with van der Waals surface area (Å²) in [6.45, 7) is 0. The minimum atomic E-state index is -1.23. The first-order valence-electron chi connectivity index (χ1n) is 3.20. The lowest BCUT2D eigenvalue weighted by atomic mass is 10.3. The van der Waals surface area contributed by atoms with Crippen molar-refractivity contribution in [1.82, 2.24) is 9.80 Å². The number of carbonyl (C=O) groups excluding carboxylic acids is 5. The topological polar surface area (TPSA) is 91.8 Å². The lowest BCUT2D eigenvalue weighted by Crippen LogP contribution is -2.53. The lowest BCUT2D eigenvalue weighted by molar-refractivity contribution is -0.146. The van der Waals surface area contributed by atoms with Gasteiger partial charge in [0.05, 0.1) is 0 Å². The molecule has 1 aliphatic rings. The number of urea groups is 1. The molecule has 13 heavy (non-hydrogen) atoms. The van der Waals surface area contributed by atoms with Crippen molar-refractivity contribution in [2.24, 2.45) is 0 Å². The van der Waals surface area contributed by atoms with E-state index in [4.69, 9.17) is 0 Å². The van der Waals surface area contributed by atoms with Crippen LogP contribution in [0.3, 0.4) is 0 Å². The van der Waals surface area contributed by atoms with Crippen molar-refractivity contribution in [1.29, 1.82) is 0 Å². The van der Waals surface area contributed by atoms with Crippen molar-refractivity contribution in [3.63, 3.8) is 0 Å². The molecule has 0 atom stereocenters. The summed E-state index contributed by atoms with van der Waals surface area (Å²) in [5.74, 6) is -1.86. The van der Waals surface area contributed by atoms with Crippen LogP contribution in [0.1, 0.15) is 6.42 Å². The van der Waals surface area contributed by atoms with E-state index in [1.165, 1.54) is 0 Å². The maximum absolute atomic E-state index is 11.0. The van der Waals surface area contributed by atoms with E-state index in [9.17, 15) is 24.0 Å². The molecule has 0 saturated carbocycles. The molecule has 0 aromatic heterocycles. The van der Waals surface area contributed by atoms with Gasteiger partial charge in [0.1, 0.15) is 6.42 Å². The van der Waals surface area contributed by atoms with E-state index in [2.05, 4.69) is 0 Å². The highest BCUT2D eigenvalue weighted by Crippen LogP contribution is 2.07. The Morgan fingerprint density at radius 1 is 0.923 bits per heavy atom. The minimum Gasteiger partial charge on any atom is -0.278 e. The zero-order valence-electron chi connectivity index (χ0n) is 6.30. The number of hydrogen-bond donors (Lipinski definition) is 0. The molecule has 7 heteroatoms. The molecule has 0 radical (unpaired) electrons. The molecule has 0 bridgehead atoms. The Kier molecular flexibility index (Phi) is 2.18. The Balaban J connectivity index is 3.00. The Bertz CT molecular complexity index is 282. The normalized spacial score (nSPS) is 17.7. The van der Waals surface area contributed by atoms with Crippen LogP contribution in [0.4, 0.5) is 4.79 Å². The van der Waals surface area contributed by atoms with Gasteiger partial charge in [-0.1, -0.05) is 0 Å². The van der Waals surface area contributed by atoms with Gasteiger partial charge in [-0.2, -0.15) is 0 Å². The number of carbonyl (C=O) groups is 5. The van der Waals surface area contributed by atoms with Gasteiger partial charge in [-0.05, 0) is 0 Å². The summed E-state index contributed by atoms with van der Waals surface area (Å²) in [6.07, 6.45) is -0.718. The van der Waals surface area contributed by atoms with Gasteiger partial charge in [-0.3, -0.25) is 19.2 Å². The molecule has 68 valence electrons. The second-order valence-electron chi connectivity index (χ2n) is 2.20. The van der Waals surface area contributed by atoms with Gasteiger partial charge in [0.25, 0.3) is 0 Å². The summed E-state index contributed by atoms with van der Waals surface area (Å²) in [5, 5.41) is 0. The third-order valence-corrected chi connectivity index (χ3v) is 1.46. The Labute approximate surface area is 71.9 Å². The second kappa shape index (κ2) is 3.13. The van der Waals surface area contributed by atoms with Gasteiger partial charge in [-0.25, -0.2) is 14.6 Å². The van der Waals surface area contributed by atoms with E-state index < -0.39 is 24.3 Å². The van der Waals surface area contributed by atoms with Crippen LogP contribution in [0.15, 0.2) is 0 Å². The van der Waals surface area contributed by atoms with Crippen LogP contribution in [0.5, 0.6) is 0 Å². The van der Waals surface area contributed by atoms with Gasteiger partial charge in [0.2, 0.25) is 24.6 Å². The van der Waals surface area contributed by atoms with Crippen molar-refractivity contribution >= 4 is 30.7 Å². The largest absolute Gasteiger partial charge is 0.346 e. The van der Waals surface area contributed by atoms with Crippen LogP contribution >= 0.6 is 0 Å². The molecule has 1 aliphatic heterocycles. The predicted octanol–water partition coefficient (Wildman–Crippen LogP) is -1.52. The average Bonchev–Trinajstić information content (AvgIpc) is 2.04. The highest BCUT2D eigenvalue weighted by Gasteiger charge is 2.37. The molecule has 0 spiro atoms. The highest BCUT2D eigenvalue weighted by molar-refractivity contribution is 6.22. The van der Waals surface area contributed by atoms with E-state index in [1.807, 2.05) is 0 Å². The molecule has 7 nitrogen and oxygen atoms in total. The molecule has 1 rings (SSSR count). The van der Waals surface area contributed by atoms with E-state index >= 15 is 0 Å². The fraction of sp³-hybridized carbons (Fsp3) is 0.167. The van der Waals surface area contributed by atoms with Crippen LogP contribution in [-0.4, -0.2) is 40.5 Å². The monoisotopic (exact) mass is 184 g/mol. The smallest absolute Gasteiger partial charge is 0.278 e. The van der Waals surface area contributed by atoms with E-state index in [1.54, 1.807) is 0 Å². The number of nitrogens with zero attached hydrogens (tertiary/aromatic N) is 2. The Morgan fingerprint density at radius 2 is 1.31 bits per heavy atom. The van der Waals surface area contributed by atoms with E-state index in [0.29, 0.717) is 0 Å². The SMILES string of the molecule is O=CN1C(=O)CC(=O)N(C=O)C1=O. The quantitative estimate of drug-likeness (QED) is 0.384. The van der Waals surface area contributed by atoms with Crippen molar-refractivity contribution in [3.8, 4) is 0 Å². The van der Waals surface area contributed by atoms with Crippen LogP contribution < -0.4 is 0 Å². The molecule has 0 N–H and O–H groups in total. The van der Waals surface area contributed by atoms with Gasteiger partial charge < -0.3 is 0 Å². The van der Waals surface area contributed by atoms with Crippen molar-refractivity contribution < 1.29 is 24.0 Å². The van der Waals surface area contributed by atoms with Crippen LogP contribution in [0, 0.1) is 0 Å². The molecule has 0 aromatic carbocycles. The van der Waals surface area contributed by atoms with Crippen molar-refractivity contribution in [2.75, 3.05) is 0 Å². The zero-order valence-corrected chi connectivity index (χ0v) is 6.30. The number of imide groups is 6. The predicted molar refractivity (Wildman–Crippen MR) is 35.8 cm³/mol. The molecular weight excluding hydrogens is 180 g/mol. The summed E-state index contributed by atoms with van der Waals surface area (Å²) in [6, 6.07) is -1.23. The molecule has 1 saturated heterocycles.